The molecule has 1 aromatic heterocycles. The molecule has 2 N–H and O–H groups in total. The zero-order valence-corrected chi connectivity index (χ0v) is 22.9. The minimum absolute atomic E-state index is 0.0842. The lowest BCUT2D eigenvalue weighted by molar-refractivity contribution is -0.113. The van der Waals surface area contributed by atoms with Crippen LogP contribution >= 0.6 is 11.8 Å². The second kappa shape index (κ2) is 13.2. The van der Waals surface area contributed by atoms with E-state index >= 15 is 0 Å². The average Bonchev–Trinajstić information content (AvgIpc) is 3.35. The fraction of sp³-hybridized carbons (Fsp3) is 0.321. The molecule has 0 bridgehead atoms. The van der Waals surface area contributed by atoms with Crippen molar-refractivity contribution >= 4 is 35.2 Å². The van der Waals surface area contributed by atoms with Crippen molar-refractivity contribution in [2.45, 2.75) is 31.6 Å². The first-order valence-electron chi connectivity index (χ1n) is 12.7. The molecule has 10 nitrogen and oxygen atoms in total. The topological polar surface area (TPSA) is 118 Å². The number of aryl methyl sites for hydroxylation is 1. The maximum Gasteiger partial charge on any atom is 0.254 e. The summed E-state index contributed by atoms with van der Waals surface area (Å²) in [7, 11) is 0. The summed E-state index contributed by atoms with van der Waals surface area (Å²) in [5.41, 5.74) is 2.54. The number of ether oxygens (including phenoxy) is 1. The molecule has 39 heavy (non-hydrogen) atoms. The van der Waals surface area contributed by atoms with Gasteiger partial charge < -0.3 is 24.8 Å². The van der Waals surface area contributed by atoms with Gasteiger partial charge in [-0.2, -0.15) is 0 Å². The lowest BCUT2D eigenvalue weighted by atomic mass is 10.1. The SMILES string of the molecule is C=CCn1c(SCC(=O)Nc2cccc(C(=O)N3CCOCC3)c2)nnc1[C@@H](C)NC(=O)c1ccccc1C. The zero-order chi connectivity index (χ0) is 27.8. The molecule has 0 aliphatic carbocycles. The van der Waals surface area contributed by atoms with E-state index in [2.05, 4.69) is 27.4 Å². The number of hydrogen-bond acceptors (Lipinski definition) is 7. The molecule has 1 atom stereocenters. The van der Waals surface area contributed by atoms with Crippen molar-refractivity contribution in [1.82, 2.24) is 25.0 Å². The smallest absolute Gasteiger partial charge is 0.254 e. The molecule has 1 fully saturated rings. The normalized spacial score (nSPS) is 13.9. The molecular formula is C28H32N6O4S. The van der Waals surface area contributed by atoms with Crippen molar-refractivity contribution in [2.24, 2.45) is 0 Å². The van der Waals surface area contributed by atoms with Crippen molar-refractivity contribution in [3.8, 4) is 0 Å². The highest BCUT2D eigenvalue weighted by molar-refractivity contribution is 7.99. The van der Waals surface area contributed by atoms with Crippen molar-refractivity contribution in [3.63, 3.8) is 0 Å². The highest BCUT2D eigenvalue weighted by Gasteiger charge is 2.22. The quantitative estimate of drug-likeness (QED) is 0.294. The van der Waals surface area contributed by atoms with Crippen LogP contribution in [-0.4, -0.2) is 69.4 Å². The van der Waals surface area contributed by atoms with Crippen LogP contribution in [0.2, 0.25) is 0 Å². The Morgan fingerprint density at radius 2 is 1.90 bits per heavy atom. The number of carbonyl (C=O) groups is 3. The Balaban J connectivity index is 1.37. The van der Waals surface area contributed by atoms with Crippen LogP contribution in [0, 0.1) is 6.92 Å². The second-order valence-corrected chi connectivity index (χ2v) is 10.0. The van der Waals surface area contributed by atoms with Crippen LogP contribution in [0.1, 0.15) is 45.1 Å². The van der Waals surface area contributed by atoms with Crippen LogP contribution in [0.3, 0.4) is 0 Å². The highest BCUT2D eigenvalue weighted by atomic mass is 32.2. The Hall–Kier alpha value is -3.96. The maximum absolute atomic E-state index is 12.8. The first kappa shape index (κ1) is 28.1. The van der Waals surface area contributed by atoms with E-state index in [0.29, 0.717) is 60.6 Å². The Labute approximate surface area is 231 Å². The molecule has 3 aromatic rings. The van der Waals surface area contributed by atoms with Gasteiger partial charge in [0.15, 0.2) is 11.0 Å². The summed E-state index contributed by atoms with van der Waals surface area (Å²) in [6.45, 7) is 10.1. The molecule has 1 aliphatic rings. The first-order valence-corrected chi connectivity index (χ1v) is 13.7. The monoisotopic (exact) mass is 548 g/mol. The van der Waals surface area contributed by atoms with E-state index in [-0.39, 0.29) is 23.5 Å². The number of carbonyl (C=O) groups excluding carboxylic acids is 3. The summed E-state index contributed by atoms with van der Waals surface area (Å²) < 4.78 is 7.14. The van der Waals surface area contributed by atoms with Crippen molar-refractivity contribution < 1.29 is 19.1 Å². The molecule has 11 heteroatoms. The van der Waals surface area contributed by atoms with Crippen molar-refractivity contribution in [1.29, 1.82) is 0 Å². The maximum atomic E-state index is 12.8. The largest absolute Gasteiger partial charge is 0.378 e. The lowest BCUT2D eigenvalue weighted by Gasteiger charge is -2.27. The van der Waals surface area contributed by atoms with Crippen LogP contribution in [0.4, 0.5) is 5.69 Å². The number of benzene rings is 2. The van der Waals surface area contributed by atoms with Crippen molar-refractivity contribution in [2.75, 3.05) is 37.4 Å². The molecular weight excluding hydrogens is 516 g/mol. The fourth-order valence-electron chi connectivity index (χ4n) is 4.20. The minimum atomic E-state index is -0.417. The zero-order valence-electron chi connectivity index (χ0n) is 22.1. The summed E-state index contributed by atoms with van der Waals surface area (Å²) in [4.78, 5) is 40.0. The molecule has 0 unspecified atom stereocenters. The summed E-state index contributed by atoms with van der Waals surface area (Å²) >= 11 is 1.23. The lowest BCUT2D eigenvalue weighted by Crippen LogP contribution is -2.40. The molecule has 4 rings (SSSR count). The van der Waals surface area contributed by atoms with Gasteiger partial charge in [-0.05, 0) is 43.7 Å². The molecule has 1 saturated heterocycles. The minimum Gasteiger partial charge on any atom is -0.378 e. The standard InChI is InChI=1S/C28H32N6O4S/c1-4-12-34-25(20(3)29-26(36)23-11-6-5-8-19(23)2)31-32-28(34)39-18-24(35)30-22-10-7-9-21(17-22)27(37)33-13-15-38-16-14-33/h4-11,17,20H,1,12-16,18H2,2-3H3,(H,29,36)(H,30,35)/t20-/m1/s1. The molecule has 3 amide bonds. The average molecular weight is 549 g/mol. The van der Waals surface area contributed by atoms with Gasteiger partial charge in [0.1, 0.15) is 0 Å². The van der Waals surface area contributed by atoms with Gasteiger partial charge in [-0.25, -0.2) is 0 Å². The summed E-state index contributed by atoms with van der Waals surface area (Å²) in [5.74, 6) is 0.121. The molecule has 2 heterocycles. The van der Waals surface area contributed by atoms with Gasteiger partial charge in [0.25, 0.3) is 11.8 Å². The summed E-state index contributed by atoms with van der Waals surface area (Å²) in [6, 6.07) is 13.9. The fourth-order valence-corrected chi connectivity index (χ4v) is 4.96. The Bertz CT molecular complexity index is 1350. The molecule has 0 radical (unpaired) electrons. The van der Waals surface area contributed by atoms with Crippen LogP contribution in [0.5, 0.6) is 0 Å². The van der Waals surface area contributed by atoms with Crippen LogP contribution in [-0.2, 0) is 16.1 Å². The number of nitrogens with zero attached hydrogens (tertiary/aromatic N) is 4. The Morgan fingerprint density at radius 3 is 2.64 bits per heavy atom. The number of thioether (sulfide) groups is 1. The Morgan fingerprint density at radius 1 is 1.13 bits per heavy atom. The summed E-state index contributed by atoms with van der Waals surface area (Å²) in [6.07, 6.45) is 1.71. The molecule has 0 spiro atoms. The molecule has 1 aliphatic heterocycles. The van der Waals surface area contributed by atoms with E-state index in [0.717, 1.165) is 5.56 Å². The predicted molar refractivity (Wildman–Crippen MR) is 150 cm³/mol. The molecule has 0 saturated carbocycles. The number of allylic oxidation sites excluding steroid dienone is 1. The number of morpholine rings is 1. The van der Waals surface area contributed by atoms with Gasteiger partial charge in [-0.15, -0.1) is 16.8 Å². The van der Waals surface area contributed by atoms with Crippen LogP contribution in [0.25, 0.3) is 0 Å². The van der Waals surface area contributed by atoms with Gasteiger partial charge in [0, 0.05) is 36.4 Å². The number of anilines is 1. The number of hydrogen-bond donors (Lipinski definition) is 2. The van der Waals surface area contributed by atoms with E-state index < -0.39 is 6.04 Å². The van der Waals surface area contributed by atoms with E-state index in [1.54, 1.807) is 41.3 Å². The van der Waals surface area contributed by atoms with Gasteiger partial charge >= 0.3 is 0 Å². The van der Waals surface area contributed by atoms with Gasteiger partial charge in [-0.3, -0.25) is 14.4 Å². The Kier molecular flexibility index (Phi) is 9.50. The first-order chi connectivity index (χ1) is 18.9. The second-order valence-electron chi connectivity index (χ2n) is 9.07. The summed E-state index contributed by atoms with van der Waals surface area (Å²) in [5, 5.41) is 14.9. The van der Waals surface area contributed by atoms with E-state index in [9.17, 15) is 14.4 Å². The van der Waals surface area contributed by atoms with E-state index in [1.807, 2.05) is 36.6 Å². The molecule has 204 valence electrons. The third-order valence-electron chi connectivity index (χ3n) is 6.21. The highest BCUT2D eigenvalue weighted by Crippen LogP contribution is 2.22. The van der Waals surface area contributed by atoms with E-state index in [4.69, 9.17) is 4.74 Å². The third-order valence-corrected chi connectivity index (χ3v) is 7.17. The predicted octanol–water partition coefficient (Wildman–Crippen LogP) is 3.47. The van der Waals surface area contributed by atoms with Gasteiger partial charge in [0.2, 0.25) is 5.91 Å². The van der Waals surface area contributed by atoms with Crippen LogP contribution < -0.4 is 10.6 Å². The number of amides is 3. The van der Waals surface area contributed by atoms with Gasteiger partial charge in [-0.1, -0.05) is 42.1 Å². The molecule has 2 aromatic carbocycles. The van der Waals surface area contributed by atoms with Crippen molar-refractivity contribution in [3.05, 3.63) is 83.7 Å². The number of aromatic nitrogens is 3. The van der Waals surface area contributed by atoms with E-state index in [1.165, 1.54) is 11.8 Å². The van der Waals surface area contributed by atoms with Crippen LogP contribution in [0.15, 0.2) is 66.3 Å². The third kappa shape index (κ3) is 7.12. The van der Waals surface area contributed by atoms with Gasteiger partial charge in [0.05, 0.1) is 25.0 Å². The number of rotatable bonds is 10. The number of nitrogens with one attached hydrogen (secondary N) is 2.